The second-order valence-electron chi connectivity index (χ2n) is 4.79. The van der Waals surface area contributed by atoms with Crippen molar-refractivity contribution in [3.05, 3.63) is 12.2 Å². The van der Waals surface area contributed by atoms with Gasteiger partial charge in [0.15, 0.2) is 17.7 Å². The lowest BCUT2D eigenvalue weighted by Gasteiger charge is -2.41. The summed E-state index contributed by atoms with van der Waals surface area (Å²) in [5.41, 5.74) is 0. The first-order valence-corrected chi connectivity index (χ1v) is 5.72. The number of fused-ring (bicyclic) bond motifs is 6. The van der Waals surface area contributed by atoms with E-state index < -0.39 is 12.2 Å². The van der Waals surface area contributed by atoms with Crippen LogP contribution in [0.5, 0.6) is 0 Å². The first-order chi connectivity index (χ1) is 7.66. The molecule has 0 aliphatic carbocycles. The standard InChI is InChI=1S/C12H14O4/c1-6-2-3-7(13)12-11-8(14)4-5-9(15-11)10(6)16-12/h4-6,9-12H,2-3H2,1H3/t6-,9-,10+,11+,12-/m1/s1. The van der Waals surface area contributed by atoms with E-state index in [1.54, 1.807) is 6.08 Å². The first-order valence-electron chi connectivity index (χ1n) is 5.72. The molecule has 0 saturated carbocycles. The third-order valence-electron chi connectivity index (χ3n) is 3.66. The normalized spacial score (nSPS) is 46.7. The molecule has 0 aromatic carbocycles. The molecule has 3 aliphatic rings. The van der Waals surface area contributed by atoms with E-state index in [1.807, 2.05) is 0 Å². The molecule has 2 fully saturated rings. The van der Waals surface area contributed by atoms with Gasteiger partial charge in [0.2, 0.25) is 0 Å². The Morgan fingerprint density at radius 1 is 1.25 bits per heavy atom. The maximum absolute atomic E-state index is 11.8. The van der Waals surface area contributed by atoms with Crippen molar-refractivity contribution in [3.63, 3.8) is 0 Å². The van der Waals surface area contributed by atoms with Crippen molar-refractivity contribution in [1.29, 1.82) is 0 Å². The van der Waals surface area contributed by atoms with Gasteiger partial charge >= 0.3 is 0 Å². The Bertz CT molecular complexity index is 373. The second kappa shape index (κ2) is 3.50. The Morgan fingerprint density at radius 3 is 2.88 bits per heavy atom. The van der Waals surface area contributed by atoms with Gasteiger partial charge in [-0.25, -0.2) is 0 Å². The third-order valence-corrected chi connectivity index (χ3v) is 3.66. The summed E-state index contributed by atoms with van der Waals surface area (Å²) in [7, 11) is 0. The molecule has 86 valence electrons. The van der Waals surface area contributed by atoms with Crippen molar-refractivity contribution in [1.82, 2.24) is 0 Å². The fourth-order valence-electron chi connectivity index (χ4n) is 2.67. The van der Waals surface area contributed by atoms with E-state index in [0.29, 0.717) is 6.42 Å². The molecule has 0 N–H and O–H groups in total. The molecule has 4 bridgehead atoms. The molecular formula is C12H14O4. The van der Waals surface area contributed by atoms with Crippen LogP contribution in [0.1, 0.15) is 19.8 Å². The molecule has 3 rings (SSSR count). The summed E-state index contributed by atoms with van der Waals surface area (Å²) in [6.07, 6.45) is 2.96. The number of ketones is 2. The van der Waals surface area contributed by atoms with Gasteiger partial charge in [0, 0.05) is 6.42 Å². The van der Waals surface area contributed by atoms with Crippen LogP contribution in [0.2, 0.25) is 0 Å². The minimum atomic E-state index is -0.705. The van der Waals surface area contributed by atoms with Crippen LogP contribution in [0.4, 0.5) is 0 Å². The Balaban J connectivity index is 2.00. The van der Waals surface area contributed by atoms with Crippen LogP contribution in [0.3, 0.4) is 0 Å². The van der Waals surface area contributed by atoms with Gasteiger partial charge in [-0.3, -0.25) is 9.59 Å². The summed E-state index contributed by atoms with van der Waals surface area (Å²) in [4.78, 5) is 23.4. The molecular weight excluding hydrogens is 208 g/mol. The lowest BCUT2D eigenvalue weighted by atomic mass is 9.93. The highest BCUT2D eigenvalue weighted by Gasteiger charge is 2.49. The van der Waals surface area contributed by atoms with Gasteiger partial charge in [-0.2, -0.15) is 0 Å². The smallest absolute Gasteiger partial charge is 0.187 e. The predicted molar refractivity (Wildman–Crippen MR) is 54.9 cm³/mol. The third kappa shape index (κ3) is 1.37. The van der Waals surface area contributed by atoms with Crippen LogP contribution >= 0.6 is 0 Å². The molecule has 0 aromatic rings. The van der Waals surface area contributed by atoms with Crippen LogP contribution in [0.15, 0.2) is 12.2 Å². The number of hydrogen-bond donors (Lipinski definition) is 0. The van der Waals surface area contributed by atoms with E-state index in [2.05, 4.69) is 6.92 Å². The summed E-state index contributed by atoms with van der Waals surface area (Å²) in [5.74, 6) is 0.141. The van der Waals surface area contributed by atoms with E-state index in [9.17, 15) is 9.59 Å². The molecule has 0 unspecified atom stereocenters. The summed E-state index contributed by atoms with van der Waals surface area (Å²) in [5, 5.41) is 0. The first kappa shape index (κ1) is 10.2. The zero-order valence-corrected chi connectivity index (χ0v) is 9.09. The van der Waals surface area contributed by atoms with E-state index in [1.165, 1.54) is 6.08 Å². The predicted octanol–water partition coefficient (Wildman–Crippen LogP) is 0.645. The van der Waals surface area contributed by atoms with Gasteiger partial charge in [-0.15, -0.1) is 0 Å². The van der Waals surface area contributed by atoms with E-state index in [0.717, 1.165) is 6.42 Å². The van der Waals surface area contributed by atoms with Crippen molar-refractivity contribution in [3.8, 4) is 0 Å². The van der Waals surface area contributed by atoms with Gasteiger partial charge in [-0.05, 0) is 24.5 Å². The molecule has 0 radical (unpaired) electrons. The van der Waals surface area contributed by atoms with Crippen LogP contribution in [-0.4, -0.2) is 36.0 Å². The Labute approximate surface area is 93.6 Å². The minimum Gasteiger partial charge on any atom is -0.361 e. The number of carbonyl (C=O) groups excluding carboxylic acids is 2. The highest BCUT2D eigenvalue weighted by Crippen LogP contribution is 2.35. The highest BCUT2D eigenvalue weighted by atomic mass is 16.6. The molecule has 0 aromatic heterocycles. The largest absolute Gasteiger partial charge is 0.361 e. The van der Waals surface area contributed by atoms with Gasteiger partial charge in [0.05, 0.1) is 6.10 Å². The lowest BCUT2D eigenvalue weighted by molar-refractivity contribution is -0.211. The number of Topliss-reactive ketones (excluding diaryl/α,β-unsaturated/α-hetero) is 1. The van der Waals surface area contributed by atoms with Crippen LogP contribution in [-0.2, 0) is 19.1 Å². The molecule has 3 heterocycles. The average Bonchev–Trinajstić information content (AvgIpc) is 2.41. The molecule has 2 saturated heterocycles. The fraction of sp³-hybridized carbons (Fsp3) is 0.667. The van der Waals surface area contributed by atoms with Gasteiger partial charge < -0.3 is 9.47 Å². The Morgan fingerprint density at radius 2 is 2.06 bits per heavy atom. The number of carbonyl (C=O) groups is 2. The zero-order chi connectivity index (χ0) is 11.3. The quantitative estimate of drug-likeness (QED) is 0.603. The van der Waals surface area contributed by atoms with Gasteiger partial charge in [0.1, 0.15) is 12.2 Å². The van der Waals surface area contributed by atoms with Crippen molar-refractivity contribution >= 4 is 11.6 Å². The van der Waals surface area contributed by atoms with E-state index in [4.69, 9.17) is 9.47 Å². The van der Waals surface area contributed by atoms with E-state index in [-0.39, 0.29) is 29.7 Å². The molecule has 0 amide bonds. The van der Waals surface area contributed by atoms with Crippen LogP contribution in [0, 0.1) is 5.92 Å². The van der Waals surface area contributed by atoms with Crippen molar-refractivity contribution in [2.45, 2.75) is 44.2 Å². The minimum absolute atomic E-state index is 0.00134. The lowest BCUT2D eigenvalue weighted by Crippen LogP contribution is -2.56. The fourth-order valence-corrected chi connectivity index (χ4v) is 2.67. The van der Waals surface area contributed by atoms with Crippen molar-refractivity contribution in [2.24, 2.45) is 5.92 Å². The average molecular weight is 222 g/mol. The monoisotopic (exact) mass is 222 g/mol. The summed E-state index contributed by atoms with van der Waals surface area (Å²) < 4.78 is 11.4. The molecule has 5 atom stereocenters. The van der Waals surface area contributed by atoms with Crippen molar-refractivity contribution < 1.29 is 19.1 Å². The number of rotatable bonds is 0. The molecule has 16 heavy (non-hydrogen) atoms. The topological polar surface area (TPSA) is 52.6 Å². The number of ether oxygens (including phenoxy) is 2. The summed E-state index contributed by atoms with van der Waals surface area (Å²) in [6.45, 7) is 2.06. The molecule has 0 spiro atoms. The highest BCUT2D eigenvalue weighted by molar-refractivity contribution is 6.00. The van der Waals surface area contributed by atoms with Crippen LogP contribution < -0.4 is 0 Å². The number of hydrogen-bond acceptors (Lipinski definition) is 4. The second-order valence-corrected chi connectivity index (χ2v) is 4.79. The Hall–Kier alpha value is -1.00. The summed E-state index contributed by atoms with van der Waals surface area (Å²) >= 11 is 0. The SMILES string of the molecule is C[C@@H]1CCC(=O)[C@H]2O[C@@H]1[C@H]1C=CC(=O)[C@@H]2O1. The Kier molecular flexibility index (Phi) is 2.23. The van der Waals surface area contributed by atoms with Crippen molar-refractivity contribution in [2.75, 3.05) is 0 Å². The summed E-state index contributed by atoms with van der Waals surface area (Å²) in [6, 6.07) is 0. The maximum Gasteiger partial charge on any atom is 0.187 e. The zero-order valence-electron chi connectivity index (χ0n) is 9.09. The molecule has 4 heteroatoms. The van der Waals surface area contributed by atoms with Gasteiger partial charge in [-0.1, -0.05) is 6.92 Å². The maximum atomic E-state index is 11.8. The molecule has 3 aliphatic heterocycles. The van der Waals surface area contributed by atoms with Crippen LogP contribution in [0.25, 0.3) is 0 Å². The van der Waals surface area contributed by atoms with E-state index >= 15 is 0 Å². The molecule has 4 nitrogen and oxygen atoms in total. The van der Waals surface area contributed by atoms with Gasteiger partial charge in [0.25, 0.3) is 0 Å².